The molecule has 8 heteroatoms. The zero-order valence-electron chi connectivity index (χ0n) is 15.3. The Bertz CT molecular complexity index is 978. The van der Waals surface area contributed by atoms with Crippen molar-refractivity contribution in [3.05, 3.63) is 78.3 Å². The van der Waals surface area contributed by atoms with Crippen molar-refractivity contribution in [2.75, 3.05) is 13.2 Å². The van der Waals surface area contributed by atoms with Crippen LogP contribution in [0, 0.1) is 0 Å². The van der Waals surface area contributed by atoms with Crippen molar-refractivity contribution in [2.45, 2.75) is 19.6 Å². The second-order valence-electron chi connectivity index (χ2n) is 6.49. The van der Waals surface area contributed by atoms with Crippen LogP contribution in [0.5, 0.6) is 0 Å². The van der Waals surface area contributed by atoms with Gasteiger partial charge in [-0.15, -0.1) is 0 Å². The maximum Gasteiger partial charge on any atom is 0.241 e. The minimum atomic E-state index is 0.0425. The highest BCUT2D eigenvalue weighted by Gasteiger charge is 2.15. The number of benzene rings is 1. The lowest BCUT2D eigenvalue weighted by Gasteiger charge is -2.18. The summed E-state index contributed by atoms with van der Waals surface area (Å²) >= 11 is 0. The topological polar surface area (TPSA) is 93.3 Å². The molecule has 0 unspecified atom stereocenters. The molecule has 0 spiro atoms. The quantitative estimate of drug-likeness (QED) is 0.478. The van der Waals surface area contributed by atoms with Crippen LogP contribution in [0.2, 0.25) is 0 Å². The van der Waals surface area contributed by atoms with E-state index in [1.165, 1.54) is 5.56 Å². The van der Waals surface area contributed by atoms with Gasteiger partial charge in [0, 0.05) is 24.8 Å². The molecule has 3 heterocycles. The number of hydrogen-bond donors (Lipinski definition) is 1. The SMILES string of the molecule is OCCN(Cc1cnn(Cc2ccccc2)c1)Cc1nc(-c2ccoc2)no1. The van der Waals surface area contributed by atoms with E-state index in [1.807, 2.05) is 40.2 Å². The monoisotopic (exact) mass is 379 g/mol. The summed E-state index contributed by atoms with van der Waals surface area (Å²) < 4.78 is 12.3. The molecule has 8 nitrogen and oxygen atoms in total. The van der Waals surface area contributed by atoms with Crippen LogP contribution in [-0.2, 0) is 19.6 Å². The summed E-state index contributed by atoms with van der Waals surface area (Å²) in [5.41, 5.74) is 3.02. The highest BCUT2D eigenvalue weighted by atomic mass is 16.5. The lowest BCUT2D eigenvalue weighted by Crippen LogP contribution is -2.26. The number of aromatic nitrogens is 4. The molecule has 4 aromatic rings. The first-order chi connectivity index (χ1) is 13.8. The molecule has 28 heavy (non-hydrogen) atoms. The summed E-state index contributed by atoms with van der Waals surface area (Å²) in [5, 5.41) is 17.8. The van der Waals surface area contributed by atoms with Gasteiger partial charge in [0.25, 0.3) is 0 Å². The molecule has 1 aromatic carbocycles. The molecule has 0 aliphatic heterocycles. The van der Waals surface area contributed by atoms with Crippen molar-refractivity contribution in [1.29, 1.82) is 0 Å². The molecule has 144 valence electrons. The summed E-state index contributed by atoms with van der Waals surface area (Å²) in [7, 11) is 0. The van der Waals surface area contributed by atoms with Crippen molar-refractivity contribution in [2.24, 2.45) is 0 Å². The summed E-state index contributed by atoms with van der Waals surface area (Å²) in [6.07, 6.45) is 7.00. The maximum atomic E-state index is 9.41. The molecule has 1 N–H and O–H groups in total. The van der Waals surface area contributed by atoms with Crippen LogP contribution in [0.25, 0.3) is 11.4 Å². The van der Waals surface area contributed by atoms with Crippen molar-refractivity contribution >= 4 is 0 Å². The van der Waals surface area contributed by atoms with Gasteiger partial charge in [-0.1, -0.05) is 35.5 Å². The average molecular weight is 379 g/mol. The molecule has 0 fully saturated rings. The van der Waals surface area contributed by atoms with Gasteiger partial charge < -0.3 is 14.0 Å². The number of furan rings is 1. The Morgan fingerprint density at radius 3 is 2.75 bits per heavy atom. The largest absolute Gasteiger partial charge is 0.472 e. The number of nitrogens with zero attached hydrogens (tertiary/aromatic N) is 5. The van der Waals surface area contributed by atoms with Gasteiger partial charge in [0.15, 0.2) is 0 Å². The Kier molecular flexibility index (Phi) is 5.60. The highest BCUT2D eigenvalue weighted by molar-refractivity contribution is 5.51. The molecule has 3 aromatic heterocycles. The van der Waals surface area contributed by atoms with Gasteiger partial charge in [-0.05, 0) is 11.6 Å². The average Bonchev–Trinajstić information content (AvgIpc) is 3.45. The summed E-state index contributed by atoms with van der Waals surface area (Å²) in [4.78, 5) is 6.43. The zero-order chi connectivity index (χ0) is 19.2. The minimum Gasteiger partial charge on any atom is -0.472 e. The standard InChI is InChI=1S/C20H21N5O3/c26-8-7-24(14-19-22-20(23-28-19)18-6-9-27-15-18)11-17-10-21-25(13-17)12-16-4-2-1-3-5-16/h1-6,9-10,13,15,26H,7-8,11-12,14H2. The van der Waals surface area contributed by atoms with Crippen LogP contribution < -0.4 is 0 Å². The summed E-state index contributed by atoms with van der Waals surface area (Å²) in [6, 6.07) is 12.0. The van der Waals surface area contributed by atoms with E-state index in [-0.39, 0.29) is 6.61 Å². The van der Waals surface area contributed by atoms with Crippen LogP contribution in [-0.4, -0.2) is 43.1 Å². The minimum absolute atomic E-state index is 0.0425. The van der Waals surface area contributed by atoms with Crippen molar-refractivity contribution in [1.82, 2.24) is 24.8 Å². The van der Waals surface area contributed by atoms with E-state index in [0.29, 0.717) is 31.3 Å². The molecule has 0 aliphatic carbocycles. The van der Waals surface area contributed by atoms with E-state index in [1.54, 1.807) is 18.6 Å². The summed E-state index contributed by atoms with van der Waals surface area (Å²) in [5.74, 6) is 0.977. The molecule has 0 amide bonds. The van der Waals surface area contributed by atoms with Gasteiger partial charge in [-0.3, -0.25) is 9.58 Å². The lowest BCUT2D eigenvalue weighted by atomic mass is 10.2. The van der Waals surface area contributed by atoms with Gasteiger partial charge in [0.05, 0.1) is 37.7 Å². The Hall–Kier alpha value is -3.23. The fraction of sp³-hybridized carbons (Fsp3) is 0.250. The number of aliphatic hydroxyl groups is 1. The van der Waals surface area contributed by atoms with E-state index >= 15 is 0 Å². The molecule has 0 saturated heterocycles. The normalized spacial score (nSPS) is 11.4. The number of hydrogen-bond acceptors (Lipinski definition) is 7. The summed E-state index contributed by atoms with van der Waals surface area (Å²) in [6.45, 7) is 2.32. The predicted molar refractivity (Wildman–Crippen MR) is 101 cm³/mol. The molecular weight excluding hydrogens is 358 g/mol. The fourth-order valence-electron chi connectivity index (χ4n) is 2.98. The van der Waals surface area contributed by atoms with Crippen molar-refractivity contribution < 1.29 is 14.0 Å². The molecule has 0 atom stereocenters. The zero-order valence-corrected chi connectivity index (χ0v) is 15.3. The number of rotatable bonds is 9. The first-order valence-electron chi connectivity index (χ1n) is 9.04. The van der Waals surface area contributed by atoms with Gasteiger partial charge >= 0.3 is 0 Å². The maximum absolute atomic E-state index is 9.41. The van der Waals surface area contributed by atoms with Crippen LogP contribution in [0.3, 0.4) is 0 Å². The van der Waals surface area contributed by atoms with E-state index in [9.17, 15) is 5.11 Å². The lowest BCUT2D eigenvalue weighted by molar-refractivity contribution is 0.167. The van der Waals surface area contributed by atoms with Crippen molar-refractivity contribution in [3.8, 4) is 11.4 Å². The van der Waals surface area contributed by atoms with Crippen LogP contribution in [0.15, 0.2) is 70.3 Å². The third kappa shape index (κ3) is 4.54. The molecule has 0 radical (unpaired) electrons. The second kappa shape index (κ2) is 8.64. The highest BCUT2D eigenvalue weighted by Crippen LogP contribution is 2.17. The van der Waals surface area contributed by atoms with Gasteiger partial charge in [0.1, 0.15) is 6.26 Å². The molecule has 0 bridgehead atoms. The molecular formula is C20H21N5O3. The van der Waals surface area contributed by atoms with E-state index < -0.39 is 0 Å². The van der Waals surface area contributed by atoms with Gasteiger partial charge in [-0.2, -0.15) is 10.1 Å². The molecule has 4 rings (SSSR count). The van der Waals surface area contributed by atoms with Crippen LogP contribution >= 0.6 is 0 Å². The third-order valence-electron chi connectivity index (χ3n) is 4.30. The predicted octanol–water partition coefficient (Wildman–Crippen LogP) is 2.57. The van der Waals surface area contributed by atoms with Crippen molar-refractivity contribution in [3.63, 3.8) is 0 Å². The molecule has 0 saturated carbocycles. The van der Waals surface area contributed by atoms with E-state index in [2.05, 4.69) is 27.4 Å². The Morgan fingerprint density at radius 1 is 1.07 bits per heavy atom. The first-order valence-corrected chi connectivity index (χ1v) is 9.04. The van der Waals surface area contributed by atoms with Gasteiger partial charge in [0.2, 0.25) is 11.7 Å². The first kappa shape index (κ1) is 18.1. The fourth-order valence-corrected chi connectivity index (χ4v) is 2.98. The Morgan fingerprint density at radius 2 is 1.96 bits per heavy atom. The smallest absolute Gasteiger partial charge is 0.241 e. The second-order valence-corrected chi connectivity index (χ2v) is 6.49. The van der Waals surface area contributed by atoms with E-state index in [4.69, 9.17) is 8.94 Å². The van der Waals surface area contributed by atoms with E-state index in [0.717, 1.165) is 17.7 Å². The Labute approximate surface area is 162 Å². The number of aliphatic hydroxyl groups excluding tert-OH is 1. The third-order valence-corrected chi connectivity index (χ3v) is 4.30. The molecule has 0 aliphatic rings. The van der Waals surface area contributed by atoms with Crippen LogP contribution in [0.1, 0.15) is 17.0 Å². The van der Waals surface area contributed by atoms with Gasteiger partial charge in [-0.25, -0.2) is 0 Å². The Balaban J connectivity index is 1.40. The van der Waals surface area contributed by atoms with Crippen LogP contribution in [0.4, 0.5) is 0 Å².